The minimum Gasteiger partial charge on any atom is -0.469 e. The van der Waals surface area contributed by atoms with E-state index in [4.69, 9.17) is 9.47 Å². The summed E-state index contributed by atoms with van der Waals surface area (Å²) in [5.41, 5.74) is 1.86. The normalized spacial score (nSPS) is 45.8. The number of hydrogen-bond acceptors (Lipinski definition) is 4. The molecule has 0 radical (unpaired) electrons. The van der Waals surface area contributed by atoms with Gasteiger partial charge in [0.2, 0.25) is 0 Å². The number of methoxy groups -OCH3 is 1. The number of carbonyl (C=O) groups is 2. The third-order valence-electron chi connectivity index (χ3n) is 8.88. The summed E-state index contributed by atoms with van der Waals surface area (Å²) in [6.07, 6.45) is 11.1. The molecule has 150 valence electrons. The van der Waals surface area contributed by atoms with Gasteiger partial charge in [-0.05, 0) is 73.5 Å². The number of ether oxygens (including phenoxy) is 2. The summed E-state index contributed by atoms with van der Waals surface area (Å²) in [4.78, 5) is 23.7. The topological polar surface area (TPSA) is 52.6 Å². The number of esters is 2. The van der Waals surface area contributed by atoms with Crippen LogP contribution in [-0.2, 0) is 19.1 Å². The zero-order valence-electron chi connectivity index (χ0n) is 17.3. The van der Waals surface area contributed by atoms with Gasteiger partial charge in [0, 0.05) is 13.3 Å². The van der Waals surface area contributed by atoms with E-state index < -0.39 is 0 Å². The molecule has 0 saturated heterocycles. The van der Waals surface area contributed by atoms with E-state index in [1.165, 1.54) is 26.0 Å². The van der Waals surface area contributed by atoms with Crippen LogP contribution in [0.4, 0.5) is 0 Å². The lowest BCUT2D eigenvalue weighted by Crippen LogP contribution is -2.51. The van der Waals surface area contributed by atoms with E-state index in [1.807, 2.05) is 0 Å². The van der Waals surface area contributed by atoms with Gasteiger partial charge in [-0.2, -0.15) is 0 Å². The summed E-state index contributed by atoms with van der Waals surface area (Å²) < 4.78 is 10.7. The van der Waals surface area contributed by atoms with Crippen molar-refractivity contribution in [2.45, 2.75) is 78.2 Å². The van der Waals surface area contributed by atoms with Gasteiger partial charge in [0.05, 0.1) is 13.0 Å². The molecule has 4 aliphatic rings. The van der Waals surface area contributed by atoms with Gasteiger partial charge in [-0.15, -0.1) is 0 Å². The molecule has 0 bridgehead atoms. The van der Waals surface area contributed by atoms with Crippen molar-refractivity contribution in [3.63, 3.8) is 0 Å². The van der Waals surface area contributed by atoms with Crippen molar-refractivity contribution in [3.05, 3.63) is 11.6 Å². The zero-order chi connectivity index (χ0) is 19.4. The Morgan fingerprint density at radius 1 is 1.07 bits per heavy atom. The van der Waals surface area contributed by atoms with E-state index in [0.29, 0.717) is 17.8 Å². The molecule has 0 aliphatic heterocycles. The Labute approximate surface area is 163 Å². The van der Waals surface area contributed by atoms with Crippen LogP contribution in [-0.4, -0.2) is 25.2 Å². The maximum atomic E-state index is 12.4. The van der Waals surface area contributed by atoms with Gasteiger partial charge in [-0.25, -0.2) is 0 Å². The molecule has 0 aromatic rings. The number of allylic oxidation sites excluding steroid dienone is 1. The highest BCUT2D eigenvalue weighted by Crippen LogP contribution is 2.66. The van der Waals surface area contributed by atoms with Crippen molar-refractivity contribution >= 4 is 11.9 Å². The van der Waals surface area contributed by atoms with Gasteiger partial charge in [0.1, 0.15) is 6.10 Å². The first-order valence-electron chi connectivity index (χ1n) is 10.7. The number of hydrogen-bond donors (Lipinski definition) is 0. The Morgan fingerprint density at radius 3 is 2.56 bits per heavy atom. The third kappa shape index (κ3) is 2.86. The minimum atomic E-state index is -0.161. The lowest BCUT2D eigenvalue weighted by molar-refractivity contribution is -0.154. The molecule has 0 aromatic carbocycles. The van der Waals surface area contributed by atoms with Crippen LogP contribution >= 0.6 is 0 Å². The first-order valence-corrected chi connectivity index (χ1v) is 10.7. The highest BCUT2D eigenvalue weighted by atomic mass is 16.5. The highest BCUT2D eigenvalue weighted by Gasteiger charge is 2.60. The Balaban J connectivity index is 1.57. The van der Waals surface area contributed by atoms with Crippen LogP contribution in [0.15, 0.2) is 11.6 Å². The van der Waals surface area contributed by atoms with Crippen LogP contribution in [0.25, 0.3) is 0 Å². The highest BCUT2D eigenvalue weighted by molar-refractivity contribution is 5.73. The van der Waals surface area contributed by atoms with Gasteiger partial charge in [0.25, 0.3) is 0 Å². The fourth-order valence-corrected chi connectivity index (χ4v) is 7.49. The Bertz CT molecular complexity index is 667. The van der Waals surface area contributed by atoms with Crippen LogP contribution in [0, 0.1) is 34.5 Å². The molecule has 4 rings (SSSR count). The van der Waals surface area contributed by atoms with Crippen molar-refractivity contribution in [1.29, 1.82) is 0 Å². The number of carbonyl (C=O) groups excluding carboxylic acids is 2. The minimum absolute atomic E-state index is 0.00130. The van der Waals surface area contributed by atoms with Gasteiger partial charge in [-0.3, -0.25) is 9.59 Å². The molecule has 0 aromatic heterocycles. The summed E-state index contributed by atoms with van der Waals surface area (Å²) in [6.45, 7) is 6.32. The van der Waals surface area contributed by atoms with E-state index in [-0.39, 0.29) is 34.8 Å². The Kier molecular flexibility index (Phi) is 4.67. The van der Waals surface area contributed by atoms with E-state index >= 15 is 0 Å². The average molecular weight is 375 g/mol. The summed E-state index contributed by atoms with van der Waals surface area (Å²) >= 11 is 0. The second-order valence-corrected chi connectivity index (χ2v) is 9.93. The molecule has 0 heterocycles. The van der Waals surface area contributed by atoms with Crippen molar-refractivity contribution in [2.75, 3.05) is 7.11 Å². The van der Waals surface area contributed by atoms with Crippen LogP contribution < -0.4 is 0 Å². The van der Waals surface area contributed by atoms with Crippen molar-refractivity contribution < 1.29 is 19.1 Å². The molecule has 0 unspecified atom stereocenters. The van der Waals surface area contributed by atoms with Gasteiger partial charge in [-0.1, -0.05) is 25.5 Å². The molecule has 4 nitrogen and oxygen atoms in total. The monoisotopic (exact) mass is 374 g/mol. The first kappa shape index (κ1) is 19.0. The fraction of sp³-hybridized carbons (Fsp3) is 0.826. The summed E-state index contributed by atoms with van der Waals surface area (Å²) in [5, 5.41) is 0. The predicted molar refractivity (Wildman–Crippen MR) is 103 cm³/mol. The molecule has 4 aliphatic carbocycles. The first-order chi connectivity index (χ1) is 12.8. The fourth-order valence-electron chi connectivity index (χ4n) is 7.49. The van der Waals surface area contributed by atoms with E-state index in [0.717, 1.165) is 44.9 Å². The van der Waals surface area contributed by atoms with Gasteiger partial charge >= 0.3 is 11.9 Å². The molecule has 3 saturated carbocycles. The lowest BCUT2D eigenvalue weighted by atomic mass is 9.47. The molecule has 3 fully saturated rings. The maximum Gasteiger partial charge on any atom is 0.309 e. The largest absolute Gasteiger partial charge is 0.469 e. The summed E-state index contributed by atoms with van der Waals surface area (Å²) in [6, 6.07) is 0. The predicted octanol–water partition coefficient (Wildman–Crippen LogP) is 4.67. The number of fused-ring (bicyclic) bond motifs is 5. The molecule has 0 N–H and O–H groups in total. The smallest absolute Gasteiger partial charge is 0.309 e. The second-order valence-electron chi connectivity index (χ2n) is 9.93. The summed E-state index contributed by atoms with van der Waals surface area (Å²) in [5.74, 6) is 1.92. The van der Waals surface area contributed by atoms with E-state index in [2.05, 4.69) is 19.9 Å². The molecule has 7 atom stereocenters. The molecule has 27 heavy (non-hydrogen) atoms. The number of rotatable bonds is 2. The van der Waals surface area contributed by atoms with Gasteiger partial charge < -0.3 is 9.47 Å². The Hall–Kier alpha value is -1.32. The standard InChI is InChI=1S/C23H34O4/c1-14(24)27-16-9-11-22(2)15(13-16)5-6-17-18-7-8-20(21(25)26-4)23(18,3)12-10-19(17)22/h5,16-20H,6-13H2,1-4H3/t16-,17-,18-,19-,20+,22-,23-/m0/s1. The lowest BCUT2D eigenvalue weighted by Gasteiger charge is -2.57. The van der Waals surface area contributed by atoms with Crippen LogP contribution in [0.5, 0.6) is 0 Å². The molecule has 4 heteroatoms. The maximum absolute atomic E-state index is 12.4. The average Bonchev–Trinajstić information content (AvgIpc) is 2.98. The molecular formula is C23H34O4. The van der Waals surface area contributed by atoms with Crippen LogP contribution in [0.2, 0.25) is 0 Å². The van der Waals surface area contributed by atoms with E-state index in [1.54, 1.807) is 0 Å². The van der Waals surface area contributed by atoms with Crippen LogP contribution in [0.1, 0.15) is 72.1 Å². The quantitative estimate of drug-likeness (QED) is 0.521. The SMILES string of the molecule is COC(=O)[C@H]1CC[C@H]2[C@@H]3CC=C4C[C@@H](OC(C)=O)CC[C@]4(C)[C@H]3CC[C@]12C. The van der Waals surface area contributed by atoms with Crippen molar-refractivity contribution in [2.24, 2.45) is 34.5 Å². The van der Waals surface area contributed by atoms with Crippen molar-refractivity contribution in [1.82, 2.24) is 0 Å². The molecule has 0 spiro atoms. The van der Waals surface area contributed by atoms with E-state index in [9.17, 15) is 9.59 Å². The van der Waals surface area contributed by atoms with Gasteiger partial charge in [0.15, 0.2) is 0 Å². The van der Waals surface area contributed by atoms with Crippen molar-refractivity contribution in [3.8, 4) is 0 Å². The zero-order valence-corrected chi connectivity index (χ0v) is 17.3. The summed E-state index contributed by atoms with van der Waals surface area (Å²) in [7, 11) is 1.53. The molecular weight excluding hydrogens is 340 g/mol. The van der Waals surface area contributed by atoms with Crippen LogP contribution in [0.3, 0.4) is 0 Å². The third-order valence-corrected chi connectivity index (χ3v) is 8.88. The Morgan fingerprint density at radius 2 is 1.85 bits per heavy atom. The second kappa shape index (κ2) is 6.63. The molecule has 0 amide bonds.